The zero-order valence-electron chi connectivity index (χ0n) is 11.0. The van der Waals surface area contributed by atoms with Gasteiger partial charge in [0.25, 0.3) is 10.0 Å². The van der Waals surface area contributed by atoms with Crippen molar-refractivity contribution in [2.75, 3.05) is 13.1 Å². The minimum atomic E-state index is -3.32. The normalized spacial score (nSPS) is 21.1. The van der Waals surface area contributed by atoms with Crippen LogP contribution < -0.4 is 5.73 Å². The van der Waals surface area contributed by atoms with Crippen molar-refractivity contribution in [3.05, 3.63) is 17.0 Å². The van der Waals surface area contributed by atoms with Crippen molar-refractivity contribution in [1.82, 2.24) is 4.31 Å². The molecule has 4 nitrogen and oxygen atoms in total. The van der Waals surface area contributed by atoms with Crippen LogP contribution in [0.1, 0.15) is 30.6 Å². The maximum Gasteiger partial charge on any atom is 0.252 e. The molecule has 0 aliphatic carbocycles. The lowest BCUT2D eigenvalue weighted by atomic mass is 10.0. The first-order valence-electron chi connectivity index (χ1n) is 6.34. The summed E-state index contributed by atoms with van der Waals surface area (Å²) in [5.41, 5.74) is 5.59. The van der Waals surface area contributed by atoms with Crippen molar-refractivity contribution < 1.29 is 8.42 Å². The fourth-order valence-corrected chi connectivity index (χ4v) is 5.57. The first-order valence-corrected chi connectivity index (χ1v) is 8.59. The van der Waals surface area contributed by atoms with Gasteiger partial charge in [-0.3, -0.25) is 0 Å². The van der Waals surface area contributed by atoms with E-state index in [1.165, 1.54) is 11.3 Å². The molecule has 0 aromatic carbocycles. The van der Waals surface area contributed by atoms with Gasteiger partial charge in [0.2, 0.25) is 0 Å². The molecule has 2 rings (SSSR count). The molecule has 2 heterocycles. The van der Waals surface area contributed by atoms with Crippen LogP contribution in [0.3, 0.4) is 0 Å². The lowest BCUT2D eigenvalue weighted by Crippen LogP contribution is -2.44. The average Bonchev–Trinajstić information content (AvgIpc) is 2.78. The minimum absolute atomic E-state index is 0. The van der Waals surface area contributed by atoms with Crippen molar-refractivity contribution in [3.8, 4) is 0 Å². The summed E-state index contributed by atoms with van der Waals surface area (Å²) in [7, 11) is -3.32. The second-order valence-corrected chi connectivity index (χ2v) is 8.11. The average molecular weight is 325 g/mol. The van der Waals surface area contributed by atoms with Gasteiger partial charge in [0.15, 0.2) is 0 Å². The van der Waals surface area contributed by atoms with Gasteiger partial charge in [-0.2, -0.15) is 4.31 Å². The Kier molecular flexibility index (Phi) is 6.26. The van der Waals surface area contributed by atoms with Gasteiger partial charge >= 0.3 is 0 Å². The van der Waals surface area contributed by atoms with Gasteiger partial charge in [-0.05, 0) is 44.9 Å². The summed E-state index contributed by atoms with van der Waals surface area (Å²) in [6.07, 6.45) is 3.73. The largest absolute Gasteiger partial charge is 0.330 e. The molecule has 1 fully saturated rings. The van der Waals surface area contributed by atoms with E-state index in [4.69, 9.17) is 5.73 Å². The maximum absolute atomic E-state index is 12.6. The summed E-state index contributed by atoms with van der Waals surface area (Å²) in [4.78, 5) is 1.03. The van der Waals surface area contributed by atoms with Crippen molar-refractivity contribution >= 4 is 33.8 Å². The van der Waals surface area contributed by atoms with Gasteiger partial charge in [-0.1, -0.05) is 6.42 Å². The number of hydrogen-bond acceptors (Lipinski definition) is 4. The number of piperidine rings is 1. The van der Waals surface area contributed by atoms with Crippen LogP contribution in [0.4, 0.5) is 0 Å². The lowest BCUT2D eigenvalue weighted by molar-refractivity contribution is 0.243. The van der Waals surface area contributed by atoms with Gasteiger partial charge in [0.1, 0.15) is 4.21 Å². The number of aryl methyl sites for hydroxylation is 1. The molecular weight excluding hydrogens is 304 g/mol. The van der Waals surface area contributed by atoms with Crippen molar-refractivity contribution in [2.45, 2.75) is 42.9 Å². The van der Waals surface area contributed by atoms with E-state index in [-0.39, 0.29) is 18.4 Å². The Bertz CT molecular complexity index is 500. The molecule has 0 spiro atoms. The van der Waals surface area contributed by atoms with E-state index in [0.717, 1.165) is 30.6 Å². The molecule has 0 saturated carbocycles. The van der Waals surface area contributed by atoms with Crippen molar-refractivity contribution in [3.63, 3.8) is 0 Å². The van der Waals surface area contributed by atoms with Gasteiger partial charge in [0, 0.05) is 17.5 Å². The predicted octanol–water partition coefficient (Wildman–Crippen LogP) is 2.37. The molecule has 110 valence electrons. The Morgan fingerprint density at radius 2 is 2.16 bits per heavy atom. The number of rotatable bonds is 4. The van der Waals surface area contributed by atoms with E-state index in [2.05, 4.69) is 0 Å². The molecule has 1 aliphatic rings. The first-order chi connectivity index (χ1) is 8.55. The highest BCUT2D eigenvalue weighted by atomic mass is 35.5. The molecule has 1 unspecified atom stereocenters. The number of sulfonamides is 1. The van der Waals surface area contributed by atoms with Crippen LogP contribution in [0, 0.1) is 6.92 Å². The number of thiophene rings is 1. The van der Waals surface area contributed by atoms with E-state index in [1.807, 2.05) is 13.0 Å². The quantitative estimate of drug-likeness (QED) is 0.924. The third-order valence-corrected chi connectivity index (χ3v) is 6.77. The van der Waals surface area contributed by atoms with Crippen LogP contribution in [-0.2, 0) is 10.0 Å². The van der Waals surface area contributed by atoms with Crippen LogP contribution >= 0.6 is 23.7 Å². The Morgan fingerprint density at radius 3 is 2.74 bits per heavy atom. The van der Waals surface area contributed by atoms with Gasteiger partial charge < -0.3 is 5.73 Å². The third kappa shape index (κ3) is 3.70. The molecule has 1 aliphatic heterocycles. The van der Waals surface area contributed by atoms with Crippen LogP contribution in [0.15, 0.2) is 16.3 Å². The highest BCUT2D eigenvalue weighted by molar-refractivity contribution is 7.91. The molecular formula is C12H21ClN2O2S2. The molecule has 7 heteroatoms. The number of halogens is 1. The van der Waals surface area contributed by atoms with Crippen LogP contribution in [0.25, 0.3) is 0 Å². The number of nitrogens with two attached hydrogens (primary N) is 1. The zero-order chi connectivity index (χ0) is 13.2. The standard InChI is InChI=1S/C12H20N2O2S2.ClH/c1-10-5-6-12(17-10)18(15,16)14-9-3-2-4-11(14)7-8-13;/h5-6,11H,2-4,7-9,13H2,1H3;1H. The molecule has 1 aromatic rings. The Balaban J connectivity index is 0.00000180. The highest BCUT2D eigenvalue weighted by Crippen LogP contribution is 2.30. The predicted molar refractivity (Wildman–Crippen MR) is 81.5 cm³/mol. The summed E-state index contributed by atoms with van der Waals surface area (Å²) in [5.74, 6) is 0. The summed E-state index contributed by atoms with van der Waals surface area (Å²) in [6, 6.07) is 3.65. The van der Waals surface area contributed by atoms with Crippen LogP contribution in [0.2, 0.25) is 0 Å². The smallest absolute Gasteiger partial charge is 0.252 e. The van der Waals surface area contributed by atoms with Gasteiger partial charge in [-0.15, -0.1) is 23.7 Å². The fourth-order valence-electron chi connectivity index (χ4n) is 2.44. The van der Waals surface area contributed by atoms with E-state index >= 15 is 0 Å². The Labute approximate surface area is 125 Å². The van der Waals surface area contributed by atoms with Gasteiger partial charge in [0.05, 0.1) is 0 Å². The van der Waals surface area contributed by atoms with Crippen LogP contribution in [0.5, 0.6) is 0 Å². The first kappa shape index (κ1) is 16.9. The molecule has 1 aromatic heterocycles. The van der Waals surface area contributed by atoms with Crippen LogP contribution in [-0.4, -0.2) is 31.9 Å². The van der Waals surface area contributed by atoms with E-state index < -0.39 is 10.0 Å². The van der Waals surface area contributed by atoms with E-state index in [9.17, 15) is 8.42 Å². The molecule has 19 heavy (non-hydrogen) atoms. The zero-order valence-corrected chi connectivity index (χ0v) is 13.5. The summed E-state index contributed by atoms with van der Waals surface area (Å²) >= 11 is 1.35. The van der Waals surface area contributed by atoms with Crippen molar-refractivity contribution in [2.24, 2.45) is 5.73 Å². The van der Waals surface area contributed by atoms with Crippen molar-refractivity contribution in [1.29, 1.82) is 0 Å². The SMILES string of the molecule is Cc1ccc(S(=O)(=O)N2CCCCC2CCN)s1.Cl. The second-order valence-electron chi connectivity index (χ2n) is 4.71. The topological polar surface area (TPSA) is 63.4 Å². The summed E-state index contributed by atoms with van der Waals surface area (Å²) in [6.45, 7) is 3.10. The van der Waals surface area contributed by atoms with E-state index in [0.29, 0.717) is 17.3 Å². The fraction of sp³-hybridized carbons (Fsp3) is 0.667. The Morgan fingerprint density at radius 1 is 1.42 bits per heavy atom. The third-order valence-electron chi connectivity index (χ3n) is 3.35. The Hall–Kier alpha value is -0.140. The maximum atomic E-state index is 12.6. The lowest BCUT2D eigenvalue weighted by Gasteiger charge is -2.34. The monoisotopic (exact) mass is 324 g/mol. The molecule has 0 bridgehead atoms. The second kappa shape index (κ2) is 7.04. The molecule has 1 atom stereocenters. The number of nitrogens with zero attached hydrogens (tertiary/aromatic N) is 1. The molecule has 0 radical (unpaired) electrons. The molecule has 0 amide bonds. The summed E-state index contributed by atoms with van der Waals surface area (Å²) < 4.78 is 27.3. The van der Waals surface area contributed by atoms with Gasteiger partial charge in [-0.25, -0.2) is 8.42 Å². The summed E-state index contributed by atoms with van der Waals surface area (Å²) in [5, 5.41) is 0. The molecule has 1 saturated heterocycles. The van der Waals surface area contributed by atoms with E-state index in [1.54, 1.807) is 10.4 Å². The highest BCUT2D eigenvalue weighted by Gasteiger charge is 2.33. The minimum Gasteiger partial charge on any atom is -0.330 e. The molecule has 2 N–H and O–H groups in total. The number of hydrogen-bond donors (Lipinski definition) is 1.